The molecule has 0 unspecified atom stereocenters. The van der Waals surface area contributed by atoms with Crippen molar-refractivity contribution in [3.05, 3.63) is 34.2 Å². The van der Waals surface area contributed by atoms with Crippen LogP contribution in [0.25, 0.3) is 0 Å². The van der Waals surface area contributed by atoms with Crippen molar-refractivity contribution < 1.29 is 14.7 Å². The Morgan fingerprint density at radius 1 is 1.47 bits per heavy atom. The van der Waals surface area contributed by atoms with Gasteiger partial charge in [0.2, 0.25) is 0 Å². The maximum absolute atomic E-state index is 11.6. The van der Waals surface area contributed by atoms with Crippen LogP contribution in [-0.2, 0) is 4.74 Å². The van der Waals surface area contributed by atoms with Crippen LogP contribution in [-0.4, -0.2) is 35.6 Å². The minimum atomic E-state index is -0.639. The average molecular weight is 240 g/mol. The van der Waals surface area contributed by atoms with Crippen LogP contribution in [0.5, 0.6) is 0 Å². The molecule has 0 aliphatic carbocycles. The number of aromatic nitrogens is 1. The van der Waals surface area contributed by atoms with E-state index in [-0.39, 0.29) is 5.69 Å². The van der Waals surface area contributed by atoms with Crippen LogP contribution in [0, 0.1) is 0 Å². The van der Waals surface area contributed by atoms with Crippen molar-refractivity contribution in [1.82, 2.24) is 10.0 Å². The van der Waals surface area contributed by atoms with Crippen molar-refractivity contribution in [3.8, 4) is 0 Å². The maximum atomic E-state index is 11.6. The minimum absolute atomic E-state index is 0.0898. The van der Waals surface area contributed by atoms with Gasteiger partial charge < -0.3 is 15.3 Å². The first-order valence-corrected chi connectivity index (χ1v) is 5.44. The van der Waals surface area contributed by atoms with Gasteiger partial charge in [-0.05, 0) is 12.5 Å². The third kappa shape index (κ3) is 3.92. The van der Waals surface area contributed by atoms with Gasteiger partial charge in [0.1, 0.15) is 5.69 Å². The second-order valence-corrected chi connectivity index (χ2v) is 3.43. The van der Waals surface area contributed by atoms with Gasteiger partial charge in [0.15, 0.2) is 0 Å². The standard InChI is InChI=1S/C11H16N2O4/c1-2-7-17-8-6-12-11(15)9-4-3-5-10(14)13(9)16/h3-5,16H,2,6-8H2,1H3,(H,12,15). The molecule has 2 N–H and O–H groups in total. The number of hydrogen-bond acceptors (Lipinski definition) is 4. The van der Waals surface area contributed by atoms with E-state index in [0.29, 0.717) is 24.5 Å². The molecule has 1 aromatic rings. The normalized spacial score (nSPS) is 10.2. The fraction of sp³-hybridized carbons (Fsp3) is 0.455. The quantitative estimate of drug-likeness (QED) is 0.551. The molecule has 0 aliphatic rings. The molecule has 0 aliphatic heterocycles. The van der Waals surface area contributed by atoms with Crippen molar-refractivity contribution in [2.45, 2.75) is 13.3 Å². The molecule has 6 heteroatoms. The number of pyridine rings is 1. The zero-order valence-corrected chi connectivity index (χ0v) is 9.68. The lowest BCUT2D eigenvalue weighted by Crippen LogP contribution is -2.32. The summed E-state index contributed by atoms with van der Waals surface area (Å²) < 4.78 is 5.50. The van der Waals surface area contributed by atoms with Crippen LogP contribution in [0.4, 0.5) is 0 Å². The first-order valence-electron chi connectivity index (χ1n) is 5.44. The first kappa shape index (κ1) is 13.2. The molecular weight excluding hydrogens is 224 g/mol. The monoisotopic (exact) mass is 240 g/mol. The van der Waals surface area contributed by atoms with Gasteiger partial charge in [0.05, 0.1) is 6.61 Å². The first-order chi connectivity index (χ1) is 8.16. The molecule has 0 saturated carbocycles. The van der Waals surface area contributed by atoms with E-state index in [4.69, 9.17) is 4.74 Å². The Hall–Kier alpha value is -1.82. The molecule has 1 rings (SSSR count). The molecule has 0 bridgehead atoms. The number of carbonyl (C=O) groups excluding carboxylic acids is 1. The Morgan fingerprint density at radius 3 is 2.94 bits per heavy atom. The van der Waals surface area contributed by atoms with Crippen LogP contribution in [0.3, 0.4) is 0 Å². The number of nitrogens with one attached hydrogen (secondary N) is 1. The van der Waals surface area contributed by atoms with Gasteiger partial charge in [-0.25, -0.2) is 0 Å². The second kappa shape index (κ2) is 6.70. The molecule has 1 heterocycles. The molecule has 6 nitrogen and oxygen atoms in total. The maximum Gasteiger partial charge on any atom is 0.283 e. The number of hydrogen-bond donors (Lipinski definition) is 2. The Bertz CT molecular complexity index is 428. The number of ether oxygens (including phenoxy) is 1. The van der Waals surface area contributed by atoms with E-state index in [9.17, 15) is 14.8 Å². The van der Waals surface area contributed by atoms with Gasteiger partial charge in [-0.3, -0.25) is 9.59 Å². The van der Waals surface area contributed by atoms with E-state index in [0.717, 1.165) is 6.42 Å². The fourth-order valence-electron chi connectivity index (χ4n) is 1.23. The summed E-state index contributed by atoms with van der Waals surface area (Å²) in [6, 6.07) is 3.95. The lowest BCUT2D eigenvalue weighted by molar-refractivity contribution is 0.0858. The summed E-state index contributed by atoms with van der Waals surface area (Å²) in [6.07, 6.45) is 0.919. The van der Waals surface area contributed by atoms with E-state index in [1.807, 2.05) is 6.92 Å². The van der Waals surface area contributed by atoms with Gasteiger partial charge in [0, 0.05) is 19.2 Å². The summed E-state index contributed by atoms with van der Waals surface area (Å²) in [6.45, 7) is 3.38. The largest absolute Gasteiger partial charge is 0.425 e. The van der Waals surface area contributed by atoms with Crippen molar-refractivity contribution in [3.63, 3.8) is 0 Å². The van der Waals surface area contributed by atoms with E-state index >= 15 is 0 Å². The summed E-state index contributed by atoms with van der Waals surface area (Å²) in [7, 11) is 0. The highest BCUT2D eigenvalue weighted by Crippen LogP contribution is 1.93. The number of rotatable bonds is 6. The Kier molecular flexibility index (Phi) is 5.22. The lowest BCUT2D eigenvalue weighted by atomic mass is 10.3. The Morgan fingerprint density at radius 2 is 2.24 bits per heavy atom. The van der Waals surface area contributed by atoms with Gasteiger partial charge in [-0.2, -0.15) is 0 Å². The summed E-state index contributed by atoms with van der Waals surface area (Å²) in [4.78, 5) is 22.6. The van der Waals surface area contributed by atoms with Crippen LogP contribution in [0.15, 0.2) is 23.0 Å². The molecular formula is C11H16N2O4. The number of nitrogens with zero attached hydrogens (tertiary/aromatic N) is 1. The van der Waals surface area contributed by atoms with Gasteiger partial charge >= 0.3 is 0 Å². The van der Waals surface area contributed by atoms with Crippen LogP contribution >= 0.6 is 0 Å². The fourth-order valence-corrected chi connectivity index (χ4v) is 1.23. The van der Waals surface area contributed by atoms with Crippen molar-refractivity contribution in [1.29, 1.82) is 0 Å². The SMILES string of the molecule is CCCOCCNC(=O)c1cccc(=O)n1O. The third-order valence-corrected chi connectivity index (χ3v) is 2.04. The summed E-state index contributed by atoms with van der Waals surface area (Å²) >= 11 is 0. The Labute approximate surface area is 98.8 Å². The van der Waals surface area contributed by atoms with Gasteiger partial charge in [0.25, 0.3) is 11.5 Å². The molecule has 1 aromatic heterocycles. The summed E-state index contributed by atoms with van der Waals surface area (Å²) in [5.74, 6) is -0.509. The van der Waals surface area contributed by atoms with Gasteiger partial charge in [-0.15, -0.1) is 4.73 Å². The predicted molar refractivity (Wildman–Crippen MR) is 61.3 cm³/mol. The predicted octanol–water partition coefficient (Wildman–Crippen LogP) is 0.242. The van der Waals surface area contributed by atoms with E-state index in [1.165, 1.54) is 18.2 Å². The highest BCUT2D eigenvalue weighted by atomic mass is 16.5. The highest BCUT2D eigenvalue weighted by Gasteiger charge is 2.10. The molecule has 0 radical (unpaired) electrons. The molecule has 0 spiro atoms. The Balaban J connectivity index is 2.47. The zero-order valence-electron chi connectivity index (χ0n) is 9.68. The minimum Gasteiger partial charge on any atom is -0.425 e. The highest BCUT2D eigenvalue weighted by molar-refractivity contribution is 5.92. The van der Waals surface area contributed by atoms with E-state index < -0.39 is 11.5 Å². The molecule has 94 valence electrons. The lowest BCUT2D eigenvalue weighted by Gasteiger charge is -2.07. The van der Waals surface area contributed by atoms with Crippen LogP contribution in [0.2, 0.25) is 0 Å². The topological polar surface area (TPSA) is 80.6 Å². The smallest absolute Gasteiger partial charge is 0.283 e. The van der Waals surface area contributed by atoms with Crippen molar-refractivity contribution >= 4 is 5.91 Å². The van der Waals surface area contributed by atoms with Gasteiger partial charge in [-0.1, -0.05) is 13.0 Å². The van der Waals surface area contributed by atoms with E-state index in [2.05, 4.69) is 5.32 Å². The molecule has 0 fully saturated rings. The average Bonchev–Trinajstić information content (AvgIpc) is 2.32. The van der Waals surface area contributed by atoms with E-state index in [1.54, 1.807) is 0 Å². The molecule has 0 atom stereocenters. The van der Waals surface area contributed by atoms with Crippen LogP contribution < -0.4 is 10.9 Å². The third-order valence-electron chi connectivity index (χ3n) is 2.04. The number of amides is 1. The zero-order chi connectivity index (χ0) is 12.7. The molecule has 1 amide bonds. The summed E-state index contributed by atoms with van der Waals surface area (Å²) in [5, 5.41) is 11.9. The van der Waals surface area contributed by atoms with Crippen molar-refractivity contribution in [2.75, 3.05) is 19.8 Å². The number of carbonyl (C=O) groups is 1. The van der Waals surface area contributed by atoms with Crippen molar-refractivity contribution in [2.24, 2.45) is 0 Å². The summed E-state index contributed by atoms with van der Waals surface area (Å²) in [5.41, 5.74) is -0.729. The second-order valence-electron chi connectivity index (χ2n) is 3.43. The van der Waals surface area contributed by atoms with Crippen LogP contribution in [0.1, 0.15) is 23.8 Å². The molecule has 0 saturated heterocycles. The molecule has 17 heavy (non-hydrogen) atoms. The molecule has 0 aromatic carbocycles.